The summed E-state index contributed by atoms with van der Waals surface area (Å²) < 4.78 is 0. The van der Waals surface area contributed by atoms with Crippen molar-refractivity contribution in [1.29, 1.82) is 0 Å². The molecule has 126 valence electrons. The van der Waals surface area contributed by atoms with Crippen LogP contribution < -0.4 is 10.6 Å². The van der Waals surface area contributed by atoms with Crippen molar-refractivity contribution in [2.24, 2.45) is 5.41 Å². The summed E-state index contributed by atoms with van der Waals surface area (Å²) in [6, 6.07) is 1.82. The normalized spacial score (nSPS) is 25.2. The van der Waals surface area contributed by atoms with Gasteiger partial charge in [0.25, 0.3) is 0 Å². The molecule has 1 amide bonds. The maximum Gasteiger partial charge on any atom is 0.222 e. The Labute approximate surface area is 136 Å². The second-order valence-corrected chi connectivity index (χ2v) is 6.72. The monoisotopic (exact) mass is 319 g/mol. The van der Waals surface area contributed by atoms with E-state index in [1.165, 1.54) is 6.33 Å². The highest BCUT2D eigenvalue weighted by Crippen LogP contribution is 2.39. The first-order valence-electron chi connectivity index (χ1n) is 8.33. The third kappa shape index (κ3) is 3.55. The molecule has 7 heteroatoms. The molecule has 0 unspecified atom stereocenters. The van der Waals surface area contributed by atoms with Gasteiger partial charge < -0.3 is 20.6 Å². The number of rotatable bonds is 4. The number of aliphatic hydroxyl groups is 1. The lowest BCUT2D eigenvalue weighted by molar-refractivity contribution is -0.138. The molecular formula is C16H25N5O2. The number of likely N-dealkylation sites (tertiary alicyclic amines) is 1. The number of piperidine rings is 2. The SMILES string of the molecule is Nc1cc(N2CCC[C@]3(CCC(=O)N(CCCO)C3)C2)ncn1. The molecule has 2 aliphatic rings. The second kappa shape index (κ2) is 6.70. The van der Waals surface area contributed by atoms with E-state index >= 15 is 0 Å². The summed E-state index contributed by atoms with van der Waals surface area (Å²) in [5, 5.41) is 9.03. The first-order valence-corrected chi connectivity index (χ1v) is 8.33. The zero-order valence-corrected chi connectivity index (χ0v) is 13.4. The smallest absolute Gasteiger partial charge is 0.222 e. The molecule has 2 fully saturated rings. The summed E-state index contributed by atoms with van der Waals surface area (Å²) >= 11 is 0. The fourth-order valence-corrected chi connectivity index (χ4v) is 3.84. The van der Waals surface area contributed by atoms with E-state index in [0.717, 1.165) is 44.7 Å². The minimum absolute atomic E-state index is 0.126. The summed E-state index contributed by atoms with van der Waals surface area (Å²) in [7, 11) is 0. The van der Waals surface area contributed by atoms with Crippen molar-refractivity contribution in [2.75, 3.05) is 43.4 Å². The number of anilines is 2. The Morgan fingerprint density at radius 2 is 2.17 bits per heavy atom. The van der Waals surface area contributed by atoms with E-state index in [1.807, 2.05) is 11.0 Å². The number of carbonyl (C=O) groups excluding carboxylic acids is 1. The number of aliphatic hydroxyl groups excluding tert-OH is 1. The van der Waals surface area contributed by atoms with E-state index in [1.54, 1.807) is 0 Å². The van der Waals surface area contributed by atoms with Crippen LogP contribution in [0.5, 0.6) is 0 Å². The van der Waals surface area contributed by atoms with E-state index in [-0.39, 0.29) is 17.9 Å². The molecular weight excluding hydrogens is 294 g/mol. The summed E-state index contributed by atoms with van der Waals surface area (Å²) in [6.45, 7) is 3.42. The van der Waals surface area contributed by atoms with Crippen molar-refractivity contribution in [3.8, 4) is 0 Å². The van der Waals surface area contributed by atoms with Gasteiger partial charge in [-0.2, -0.15) is 0 Å². The number of nitrogens with two attached hydrogens (primary N) is 1. The number of aromatic nitrogens is 2. The Morgan fingerprint density at radius 3 is 2.96 bits per heavy atom. The minimum atomic E-state index is 0.126. The molecule has 3 N–H and O–H groups in total. The van der Waals surface area contributed by atoms with Crippen LogP contribution in [-0.4, -0.2) is 58.7 Å². The maximum atomic E-state index is 12.1. The van der Waals surface area contributed by atoms with E-state index in [9.17, 15) is 4.79 Å². The van der Waals surface area contributed by atoms with Gasteiger partial charge in [0.15, 0.2) is 0 Å². The Balaban J connectivity index is 1.72. The fourth-order valence-electron chi connectivity index (χ4n) is 3.84. The van der Waals surface area contributed by atoms with Crippen LogP contribution in [0.2, 0.25) is 0 Å². The van der Waals surface area contributed by atoms with Crippen LogP contribution in [0.15, 0.2) is 12.4 Å². The van der Waals surface area contributed by atoms with Crippen molar-refractivity contribution in [3.05, 3.63) is 12.4 Å². The van der Waals surface area contributed by atoms with Gasteiger partial charge in [0.2, 0.25) is 5.91 Å². The summed E-state index contributed by atoms with van der Waals surface area (Å²) in [6.07, 6.45) is 5.90. The quantitative estimate of drug-likeness (QED) is 0.846. The Kier molecular flexibility index (Phi) is 4.66. The van der Waals surface area contributed by atoms with Gasteiger partial charge in [-0.05, 0) is 25.7 Å². The molecule has 1 aromatic heterocycles. The highest BCUT2D eigenvalue weighted by Gasteiger charge is 2.41. The number of hydrogen-bond donors (Lipinski definition) is 2. The number of carbonyl (C=O) groups is 1. The molecule has 0 aromatic carbocycles. The molecule has 23 heavy (non-hydrogen) atoms. The van der Waals surface area contributed by atoms with Crippen molar-refractivity contribution < 1.29 is 9.90 Å². The Morgan fingerprint density at radius 1 is 1.30 bits per heavy atom. The van der Waals surface area contributed by atoms with Crippen molar-refractivity contribution in [3.63, 3.8) is 0 Å². The number of nitrogen functional groups attached to an aromatic ring is 1. The predicted octanol–water partition coefficient (Wildman–Crippen LogP) is 0.650. The lowest BCUT2D eigenvalue weighted by atomic mass is 9.73. The first kappa shape index (κ1) is 16.0. The van der Waals surface area contributed by atoms with Gasteiger partial charge in [-0.15, -0.1) is 0 Å². The summed E-state index contributed by atoms with van der Waals surface area (Å²) in [5.74, 6) is 1.57. The molecule has 0 radical (unpaired) electrons. The molecule has 0 saturated carbocycles. The van der Waals surface area contributed by atoms with Crippen LogP contribution in [-0.2, 0) is 4.79 Å². The standard InChI is InChI=1S/C16H25N5O2/c17-13-9-14(19-12-18-13)20-6-1-4-16(10-20)5-3-15(23)21(11-16)7-2-8-22/h9,12,22H,1-8,10-11H2,(H2,17,18,19)/t16-/m0/s1. The summed E-state index contributed by atoms with van der Waals surface area (Å²) in [5.41, 5.74) is 5.90. The predicted molar refractivity (Wildman–Crippen MR) is 87.8 cm³/mol. The molecule has 0 bridgehead atoms. The van der Waals surface area contributed by atoms with Crippen LogP contribution in [0, 0.1) is 5.41 Å². The molecule has 2 saturated heterocycles. The number of nitrogens with zero attached hydrogens (tertiary/aromatic N) is 4. The number of hydrogen-bond acceptors (Lipinski definition) is 6. The van der Waals surface area contributed by atoms with Crippen LogP contribution in [0.1, 0.15) is 32.1 Å². The lowest BCUT2D eigenvalue weighted by Crippen LogP contribution is -2.54. The average Bonchev–Trinajstić information content (AvgIpc) is 2.56. The average molecular weight is 319 g/mol. The Hall–Kier alpha value is -1.89. The van der Waals surface area contributed by atoms with Crippen LogP contribution >= 0.6 is 0 Å². The van der Waals surface area contributed by atoms with Gasteiger partial charge in [-0.1, -0.05) is 0 Å². The lowest BCUT2D eigenvalue weighted by Gasteiger charge is -2.48. The van der Waals surface area contributed by atoms with E-state index in [4.69, 9.17) is 10.8 Å². The van der Waals surface area contributed by atoms with E-state index in [0.29, 0.717) is 25.2 Å². The second-order valence-electron chi connectivity index (χ2n) is 6.72. The van der Waals surface area contributed by atoms with Crippen molar-refractivity contribution >= 4 is 17.5 Å². The van der Waals surface area contributed by atoms with Crippen LogP contribution in [0.3, 0.4) is 0 Å². The molecule has 2 aliphatic heterocycles. The van der Waals surface area contributed by atoms with Gasteiger partial charge in [-0.25, -0.2) is 9.97 Å². The highest BCUT2D eigenvalue weighted by molar-refractivity contribution is 5.77. The first-order chi connectivity index (χ1) is 11.1. The fraction of sp³-hybridized carbons (Fsp3) is 0.688. The van der Waals surface area contributed by atoms with Crippen LogP contribution in [0.4, 0.5) is 11.6 Å². The van der Waals surface area contributed by atoms with Gasteiger partial charge in [-0.3, -0.25) is 4.79 Å². The van der Waals surface area contributed by atoms with Gasteiger partial charge >= 0.3 is 0 Å². The van der Waals surface area contributed by atoms with Gasteiger partial charge in [0.1, 0.15) is 18.0 Å². The molecule has 7 nitrogen and oxygen atoms in total. The van der Waals surface area contributed by atoms with Crippen molar-refractivity contribution in [1.82, 2.24) is 14.9 Å². The number of amides is 1. The van der Waals surface area contributed by atoms with Crippen LogP contribution in [0.25, 0.3) is 0 Å². The molecule has 1 spiro atoms. The molecule has 1 atom stereocenters. The van der Waals surface area contributed by atoms with E-state index in [2.05, 4.69) is 14.9 Å². The largest absolute Gasteiger partial charge is 0.396 e. The molecule has 3 heterocycles. The topological polar surface area (TPSA) is 95.6 Å². The third-order valence-corrected chi connectivity index (χ3v) is 4.99. The Bertz CT molecular complexity index is 567. The highest BCUT2D eigenvalue weighted by atomic mass is 16.3. The van der Waals surface area contributed by atoms with Gasteiger partial charge in [0.05, 0.1) is 0 Å². The summed E-state index contributed by atoms with van der Waals surface area (Å²) in [4.78, 5) is 24.6. The zero-order chi connectivity index (χ0) is 16.3. The molecule has 0 aliphatic carbocycles. The van der Waals surface area contributed by atoms with E-state index < -0.39 is 0 Å². The minimum Gasteiger partial charge on any atom is -0.396 e. The molecule has 3 rings (SSSR count). The van der Waals surface area contributed by atoms with Crippen molar-refractivity contribution in [2.45, 2.75) is 32.1 Å². The van der Waals surface area contributed by atoms with Gasteiger partial charge in [0, 0.05) is 50.7 Å². The zero-order valence-electron chi connectivity index (χ0n) is 13.4. The third-order valence-electron chi connectivity index (χ3n) is 4.99. The molecule has 1 aromatic rings. The maximum absolute atomic E-state index is 12.1.